The molecule has 7 nitrogen and oxygen atoms in total. The van der Waals surface area contributed by atoms with E-state index in [1.807, 2.05) is 11.5 Å². The highest BCUT2D eigenvalue weighted by atomic mass is 32.2. The van der Waals surface area contributed by atoms with E-state index in [9.17, 15) is 22.0 Å². The van der Waals surface area contributed by atoms with Gasteiger partial charge in [0.2, 0.25) is 15.9 Å². The third-order valence-corrected chi connectivity index (χ3v) is 6.17. The number of carbonyl (C=O) groups excluding carboxylic acids is 1. The number of imidazole rings is 1. The van der Waals surface area contributed by atoms with Crippen LogP contribution in [0, 0.1) is 11.6 Å². The molecule has 0 aliphatic carbocycles. The van der Waals surface area contributed by atoms with Crippen LogP contribution in [0.25, 0.3) is 11.0 Å². The lowest BCUT2D eigenvalue weighted by molar-refractivity contribution is -0.113. The number of unbranched alkanes of at least 4 members (excludes halogenated alkanes) is 1. The molecule has 2 aromatic carbocycles. The lowest BCUT2D eigenvalue weighted by Gasteiger charge is -2.09. The molecular formula is C19H20F2N4O3S2. The Morgan fingerprint density at radius 3 is 2.63 bits per heavy atom. The molecule has 0 saturated carbocycles. The summed E-state index contributed by atoms with van der Waals surface area (Å²) in [7, 11) is -3.86. The zero-order chi connectivity index (χ0) is 21.9. The first kappa shape index (κ1) is 22.2. The van der Waals surface area contributed by atoms with Gasteiger partial charge < -0.3 is 9.88 Å². The summed E-state index contributed by atoms with van der Waals surface area (Å²) in [4.78, 5) is 16.6. The van der Waals surface area contributed by atoms with Gasteiger partial charge in [0.05, 0.1) is 21.7 Å². The van der Waals surface area contributed by atoms with E-state index in [0.29, 0.717) is 17.2 Å². The first-order valence-corrected chi connectivity index (χ1v) is 11.6. The molecule has 0 aliphatic rings. The quantitative estimate of drug-likeness (QED) is 0.507. The maximum atomic E-state index is 13.3. The number of carbonyl (C=O) groups is 1. The summed E-state index contributed by atoms with van der Waals surface area (Å²) in [6.07, 6.45) is 1.81. The van der Waals surface area contributed by atoms with Gasteiger partial charge in [-0.25, -0.2) is 27.3 Å². The lowest BCUT2D eigenvalue weighted by atomic mass is 10.3. The molecule has 11 heteroatoms. The van der Waals surface area contributed by atoms with Crippen molar-refractivity contribution in [3.05, 3.63) is 48.0 Å². The summed E-state index contributed by atoms with van der Waals surface area (Å²) < 4.78 is 51.4. The Bertz CT molecular complexity index is 1200. The molecule has 0 bridgehead atoms. The largest absolute Gasteiger partial charge is 0.325 e. The third-order valence-electron chi connectivity index (χ3n) is 4.28. The summed E-state index contributed by atoms with van der Waals surface area (Å²) in [6.45, 7) is 2.69. The number of aryl methyl sites for hydroxylation is 1. The number of hydrogen-bond acceptors (Lipinski definition) is 5. The van der Waals surface area contributed by atoms with Gasteiger partial charge in [-0.2, -0.15) is 0 Å². The number of hydrogen-bond donors (Lipinski definition) is 2. The molecule has 1 amide bonds. The smallest absolute Gasteiger partial charge is 0.238 e. The highest BCUT2D eigenvalue weighted by molar-refractivity contribution is 7.99. The molecule has 0 spiro atoms. The fraction of sp³-hybridized carbons (Fsp3) is 0.263. The number of nitrogens with two attached hydrogens (primary N) is 1. The maximum Gasteiger partial charge on any atom is 0.238 e. The Morgan fingerprint density at radius 1 is 1.20 bits per heavy atom. The van der Waals surface area contributed by atoms with Crippen LogP contribution in [0.2, 0.25) is 0 Å². The summed E-state index contributed by atoms with van der Waals surface area (Å²) in [5.74, 6) is -2.47. The van der Waals surface area contributed by atoms with Gasteiger partial charge in [0.25, 0.3) is 0 Å². The van der Waals surface area contributed by atoms with Gasteiger partial charge in [0.15, 0.2) is 16.8 Å². The van der Waals surface area contributed by atoms with E-state index in [-0.39, 0.29) is 16.3 Å². The van der Waals surface area contributed by atoms with Crippen molar-refractivity contribution in [1.29, 1.82) is 0 Å². The molecule has 30 heavy (non-hydrogen) atoms. The van der Waals surface area contributed by atoms with Gasteiger partial charge in [0.1, 0.15) is 0 Å². The molecule has 1 aromatic heterocycles. The molecule has 0 unspecified atom stereocenters. The second-order valence-electron chi connectivity index (χ2n) is 6.56. The van der Waals surface area contributed by atoms with Gasteiger partial charge in [-0.1, -0.05) is 25.1 Å². The van der Waals surface area contributed by atoms with Crippen LogP contribution in [-0.2, 0) is 21.4 Å². The molecule has 0 radical (unpaired) electrons. The molecule has 0 saturated heterocycles. The summed E-state index contributed by atoms with van der Waals surface area (Å²) in [6, 6.07) is 7.58. The van der Waals surface area contributed by atoms with Gasteiger partial charge in [-0.3, -0.25) is 4.79 Å². The van der Waals surface area contributed by atoms with Crippen molar-refractivity contribution in [3.8, 4) is 0 Å². The Hall–Kier alpha value is -2.50. The van der Waals surface area contributed by atoms with Gasteiger partial charge >= 0.3 is 0 Å². The van der Waals surface area contributed by atoms with Crippen LogP contribution in [0.5, 0.6) is 0 Å². The van der Waals surface area contributed by atoms with Crippen LogP contribution in [-0.4, -0.2) is 29.6 Å². The molecule has 3 N–H and O–H groups in total. The fourth-order valence-corrected chi connectivity index (χ4v) is 4.18. The topological polar surface area (TPSA) is 107 Å². The van der Waals surface area contributed by atoms with Crippen molar-refractivity contribution in [3.63, 3.8) is 0 Å². The molecule has 160 valence electrons. The fourth-order valence-electron chi connectivity index (χ4n) is 2.81. The van der Waals surface area contributed by atoms with Crippen LogP contribution in [0.15, 0.2) is 46.5 Å². The normalized spacial score (nSPS) is 11.7. The van der Waals surface area contributed by atoms with Gasteiger partial charge in [-0.05, 0) is 36.8 Å². The molecule has 0 atom stereocenters. The zero-order valence-corrected chi connectivity index (χ0v) is 17.7. The standard InChI is InChI=1S/C19H20F2N4O3S2/c1-2-3-8-25-17-7-5-13(30(22,27)28)10-16(17)24-19(25)29-11-18(26)23-12-4-6-14(20)15(21)9-12/h4-7,9-10H,2-3,8,11H2,1H3,(H,23,26)(H2,22,27,28). The van der Waals surface area contributed by atoms with Crippen molar-refractivity contribution >= 4 is 44.4 Å². The Kier molecular flexibility index (Phi) is 6.74. The number of aromatic nitrogens is 2. The molecule has 0 fully saturated rings. The first-order chi connectivity index (χ1) is 14.2. The number of fused-ring (bicyclic) bond motifs is 1. The number of thioether (sulfide) groups is 1. The van der Waals surface area contributed by atoms with E-state index in [1.165, 1.54) is 18.2 Å². The predicted octanol–water partition coefficient (Wildman–Crippen LogP) is 3.49. The van der Waals surface area contributed by atoms with Crippen molar-refractivity contribution < 1.29 is 22.0 Å². The van der Waals surface area contributed by atoms with Crippen molar-refractivity contribution in [1.82, 2.24) is 9.55 Å². The summed E-state index contributed by atoms with van der Waals surface area (Å²) in [5.41, 5.74) is 1.34. The van der Waals surface area contributed by atoms with Crippen LogP contribution >= 0.6 is 11.8 Å². The van der Waals surface area contributed by atoms with E-state index in [2.05, 4.69) is 10.3 Å². The molecule has 0 aliphatic heterocycles. The maximum absolute atomic E-state index is 13.3. The van der Waals surface area contributed by atoms with Crippen molar-refractivity contribution in [2.45, 2.75) is 36.4 Å². The molecule has 1 heterocycles. The van der Waals surface area contributed by atoms with Crippen molar-refractivity contribution in [2.75, 3.05) is 11.1 Å². The Labute approximate surface area is 176 Å². The molecular weight excluding hydrogens is 434 g/mol. The van der Waals surface area contributed by atoms with Crippen molar-refractivity contribution in [2.24, 2.45) is 5.14 Å². The number of sulfonamides is 1. The highest BCUT2D eigenvalue weighted by Crippen LogP contribution is 2.27. The van der Waals surface area contributed by atoms with Crippen LogP contribution in [0.3, 0.4) is 0 Å². The van der Waals surface area contributed by atoms with Crippen LogP contribution in [0.4, 0.5) is 14.5 Å². The van der Waals surface area contributed by atoms with E-state index in [0.717, 1.165) is 42.3 Å². The Balaban J connectivity index is 1.80. The number of benzene rings is 2. The van der Waals surface area contributed by atoms with Crippen LogP contribution in [0.1, 0.15) is 19.8 Å². The number of nitrogens with zero attached hydrogens (tertiary/aromatic N) is 2. The SMILES string of the molecule is CCCCn1c(SCC(=O)Nc2ccc(F)c(F)c2)nc2cc(S(N)(=O)=O)ccc21. The van der Waals surface area contributed by atoms with E-state index < -0.39 is 27.6 Å². The first-order valence-electron chi connectivity index (χ1n) is 9.10. The monoisotopic (exact) mass is 454 g/mol. The third kappa shape index (κ3) is 5.15. The minimum atomic E-state index is -3.86. The Morgan fingerprint density at radius 2 is 1.97 bits per heavy atom. The van der Waals surface area contributed by atoms with E-state index in [4.69, 9.17) is 5.14 Å². The van der Waals surface area contributed by atoms with E-state index in [1.54, 1.807) is 6.07 Å². The van der Waals surface area contributed by atoms with Gasteiger partial charge in [0, 0.05) is 18.3 Å². The number of rotatable bonds is 8. The zero-order valence-electron chi connectivity index (χ0n) is 16.1. The highest BCUT2D eigenvalue weighted by Gasteiger charge is 2.16. The second-order valence-corrected chi connectivity index (χ2v) is 9.06. The number of anilines is 1. The minimum absolute atomic E-state index is 0.0174. The second kappa shape index (κ2) is 9.11. The molecule has 3 rings (SSSR count). The predicted molar refractivity (Wildman–Crippen MR) is 112 cm³/mol. The number of primary sulfonamides is 1. The summed E-state index contributed by atoms with van der Waals surface area (Å²) >= 11 is 1.16. The number of nitrogens with one attached hydrogen (secondary N) is 1. The lowest BCUT2D eigenvalue weighted by Crippen LogP contribution is -2.15. The molecule has 3 aromatic rings. The minimum Gasteiger partial charge on any atom is -0.325 e. The number of amides is 1. The van der Waals surface area contributed by atoms with E-state index >= 15 is 0 Å². The average molecular weight is 455 g/mol. The summed E-state index contributed by atoms with van der Waals surface area (Å²) in [5, 5.41) is 8.25. The number of halogens is 2. The average Bonchev–Trinajstić information content (AvgIpc) is 3.03. The van der Waals surface area contributed by atoms with Gasteiger partial charge in [-0.15, -0.1) is 0 Å². The van der Waals surface area contributed by atoms with Crippen LogP contribution < -0.4 is 10.5 Å².